The highest BCUT2D eigenvalue weighted by atomic mass is 16.5. The number of hydrogen-bond acceptors (Lipinski definition) is 2. The molecule has 3 rings (SSSR count). The molecule has 1 heterocycles. The summed E-state index contributed by atoms with van der Waals surface area (Å²) in [4.78, 5) is 0. The predicted molar refractivity (Wildman–Crippen MR) is 83.1 cm³/mol. The molecule has 0 atom stereocenters. The highest BCUT2D eigenvalue weighted by molar-refractivity contribution is 5.45. The highest BCUT2D eigenvalue weighted by Gasteiger charge is 2.32. The highest BCUT2D eigenvalue weighted by Crippen LogP contribution is 2.38. The standard InChI is InChI=1S/C18H27NO/c1-17(2)11-14-7-6-8-15(16(14)20-17)12-19-13-18(3)9-4-5-10-18/h6-8,19H,4-5,9-13H2,1-3H3. The van der Waals surface area contributed by atoms with Crippen LogP contribution in [0.1, 0.15) is 57.6 Å². The van der Waals surface area contributed by atoms with Gasteiger partial charge in [-0.05, 0) is 37.7 Å². The molecule has 0 bridgehead atoms. The number of benzene rings is 1. The van der Waals surface area contributed by atoms with E-state index in [0.29, 0.717) is 5.41 Å². The third-order valence-corrected chi connectivity index (χ3v) is 4.85. The molecule has 0 radical (unpaired) electrons. The van der Waals surface area contributed by atoms with E-state index < -0.39 is 0 Å². The summed E-state index contributed by atoms with van der Waals surface area (Å²) < 4.78 is 6.13. The second-order valence-electron chi connectivity index (χ2n) is 7.57. The molecule has 1 aromatic rings. The lowest BCUT2D eigenvalue weighted by Gasteiger charge is -2.24. The molecule has 0 spiro atoms. The van der Waals surface area contributed by atoms with Gasteiger partial charge in [0.2, 0.25) is 0 Å². The quantitative estimate of drug-likeness (QED) is 0.893. The van der Waals surface area contributed by atoms with Crippen LogP contribution in [0, 0.1) is 5.41 Å². The van der Waals surface area contributed by atoms with Gasteiger partial charge in [-0.1, -0.05) is 38.0 Å². The van der Waals surface area contributed by atoms with E-state index in [4.69, 9.17) is 4.74 Å². The van der Waals surface area contributed by atoms with Gasteiger partial charge < -0.3 is 10.1 Å². The molecule has 0 aromatic heterocycles. The smallest absolute Gasteiger partial charge is 0.127 e. The van der Waals surface area contributed by atoms with Gasteiger partial charge in [0.1, 0.15) is 11.4 Å². The predicted octanol–water partition coefficient (Wildman–Crippen LogP) is 4.07. The number of fused-ring (bicyclic) bond motifs is 1. The Bertz CT molecular complexity index is 486. The normalized spacial score (nSPS) is 22.6. The van der Waals surface area contributed by atoms with Crippen molar-refractivity contribution in [2.75, 3.05) is 6.54 Å². The van der Waals surface area contributed by atoms with Gasteiger partial charge in [-0.3, -0.25) is 0 Å². The molecular weight excluding hydrogens is 246 g/mol. The Morgan fingerprint density at radius 1 is 1.15 bits per heavy atom. The average molecular weight is 273 g/mol. The topological polar surface area (TPSA) is 21.3 Å². The maximum absolute atomic E-state index is 6.13. The van der Waals surface area contributed by atoms with Crippen LogP contribution in [0.3, 0.4) is 0 Å². The summed E-state index contributed by atoms with van der Waals surface area (Å²) in [5.41, 5.74) is 3.14. The average Bonchev–Trinajstić information content (AvgIpc) is 2.92. The van der Waals surface area contributed by atoms with E-state index in [1.165, 1.54) is 36.8 Å². The second kappa shape index (κ2) is 5.07. The molecule has 1 fully saturated rings. The number of ether oxygens (including phenoxy) is 1. The molecule has 0 amide bonds. The van der Waals surface area contributed by atoms with Crippen LogP contribution >= 0.6 is 0 Å². The van der Waals surface area contributed by atoms with Gasteiger partial charge in [0.05, 0.1) is 0 Å². The molecule has 2 heteroatoms. The lowest BCUT2D eigenvalue weighted by atomic mass is 9.89. The molecule has 1 aromatic carbocycles. The third-order valence-electron chi connectivity index (χ3n) is 4.85. The zero-order chi connectivity index (χ0) is 14.2. The Morgan fingerprint density at radius 3 is 2.65 bits per heavy atom. The molecule has 2 nitrogen and oxygen atoms in total. The fourth-order valence-electron chi connectivity index (χ4n) is 3.72. The van der Waals surface area contributed by atoms with E-state index >= 15 is 0 Å². The zero-order valence-corrected chi connectivity index (χ0v) is 13.1. The van der Waals surface area contributed by atoms with Gasteiger partial charge in [-0.15, -0.1) is 0 Å². The minimum atomic E-state index is -0.0458. The van der Waals surface area contributed by atoms with Crippen molar-refractivity contribution >= 4 is 0 Å². The molecule has 0 saturated heterocycles. The van der Waals surface area contributed by atoms with Crippen molar-refractivity contribution < 1.29 is 4.74 Å². The van der Waals surface area contributed by atoms with Crippen LogP contribution in [-0.2, 0) is 13.0 Å². The first-order valence-corrected chi connectivity index (χ1v) is 7.98. The van der Waals surface area contributed by atoms with Crippen LogP contribution in [-0.4, -0.2) is 12.1 Å². The van der Waals surface area contributed by atoms with Crippen LogP contribution in [0.25, 0.3) is 0 Å². The fourth-order valence-corrected chi connectivity index (χ4v) is 3.72. The van der Waals surface area contributed by atoms with E-state index in [1.807, 2.05) is 0 Å². The Kier molecular flexibility index (Phi) is 3.53. The van der Waals surface area contributed by atoms with E-state index in [-0.39, 0.29) is 5.60 Å². The minimum Gasteiger partial charge on any atom is -0.487 e. The summed E-state index contributed by atoms with van der Waals surface area (Å²) in [5, 5.41) is 3.66. The molecule has 1 saturated carbocycles. The summed E-state index contributed by atoms with van der Waals surface area (Å²) in [6, 6.07) is 6.56. The first-order chi connectivity index (χ1) is 9.48. The summed E-state index contributed by atoms with van der Waals surface area (Å²) in [6.07, 6.45) is 6.56. The number of nitrogens with one attached hydrogen (secondary N) is 1. The molecule has 1 aliphatic carbocycles. The van der Waals surface area contributed by atoms with Crippen LogP contribution in [0.15, 0.2) is 18.2 Å². The first-order valence-electron chi connectivity index (χ1n) is 7.98. The van der Waals surface area contributed by atoms with Crippen molar-refractivity contribution in [3.63, 3.8) is 0 Å². The van der Waals surface area contributed by atoms with Crippen molar-refractivity contribution in [3.8, 4) is 5.75 Å². The van der Waals surface area contributed by atoms with Crippen LogP contribution in [0.2, 0.25) is 0 Å². The van der Waals surface area contributed by atoms with Gasteiger partial charge in [0.15, 0.2) is 0 Å². The molecule has 1 N–H and O–H groups in total. The maximum atomic E-state index is 6.13. The minimum absolute atomic E-state index is 0.0458. The van der Waals surface area contributed by atoms with Crippen LogP contribution < -0.4 is 10.1 Å². The molecular formula is C18H27NO. The van der Waals surface area contributed by atoms with E-state index in [0.717, 1.165) is 25.3 Å². The SMILES string of the molecule is CC1(CNCc2cccc3c2OC(C)(C)C3)CCCC1. The van der Waals surface area contributed by atoms with Gasteiger partial charge in [-0.2, -0.15) is 0 Å². The van der Waals surface area contributed by atoms with Gasteiger partial charge in [0, 0.05) is 25.1 Å². The Labute approximate surface area is 122 Å². The third kappa shape index (κ3) is 2.85. The van der Waals surface area contributed by atoms with E-state index in [2.05, 4.69) is 44.3 Å². The maximum Gasteiger partial charge on any atom is 0.127 e. The largest absolute Gasteiger partial charge is 0.487 e. The summed E-state index contributed by atoms with van der Waals surface area (Å²) in [6.45, 7) is 8.81. The van der Waals surface area contributed by atoms with E-state index in [1.54, 1.807) is 0 Å². The number of hydrogen-bond donors (Lipinski definition) is 1. The monoisotopic (exact) mass is 273 g/mol. The zero-order valence-electron chi connectivity index (χ0n) is 13.1. The Hall–Kier alpha value is -1.02. The molecule has 1 aliphatic heterocycles. The van der Waals surface area contributed by atoms with Gasteiger partial charge in [0.25, 0.3) is 0 Å². The van der Waals surface area contributed by atoms with Crippen molar-refractivity contribution in [2.24, 2.45) is 5.41 Å². The van der Waals surface area contributed by atoms with Crippen LogP contribution in [0.5, 0.6) is 5.75 Å². The molecule has 20 heavy (non-hydrogen) atoms. The molecule has 110 valence electrons. The fraction of sp³-hybridized carbons (Fsp3) is 0.667. The Morgan fingerprint density at radius 2 is 1.90 bits per heavy atom. The number of para-hydroxylation sites is 1. The molecule has 0 unspecified atom stereocenters. The van der Waals surface area contributed by atoms with Crippen molar-refractivity contribution in [2.45, 2.75) is 65.0 Å². The number of rotatable bonds is 4. The first kappa shape index (κ1) is 13.9. The van der Waals surface area contributed by atoms with Gasteiger partial charge >= 0.3 is 0 Å². The second-order valence-corrected chi connectivity index (χ2v) is 7.57. The van der Waals surface area contributed by atoms with E-state index in [9.17, 15) is 0 Å². The lowest BCUT2D eigenvalue weighted by molar-refractivity contribution is 0.137. The molecule has 2 aliphatic rings. The van der Waals surface area contributed by atoms with Crippen LogP contribution in [0.4, 0.5) is 0 Å². The van der Waals surface area contributed by atoms with Crippen molar-refractivity contribution in [1.82, 2.24) is 5.32 Å². The van der Waals surface area contributed by atoms with Crippen molar-refractivity contribution in [3.05, 3.63) is 29.3 Å². The lowest BCUT2D eigenvalue weighted by Crippen LogP contribution is -2.29. The summed E-state index contributed by atoms with van der Waals surface area (Å²) >= 11 is 0. The Balaban J connectivity index is 1.63. The summed E-state index contributed by atoms with van der Waals surface area (Å²) in [7, 11) is 0. The van der Waals surface area contributed by atoms with Gasteiger partial charge in [-0.25, -0.2) is 0 Å². The summed E-state index contributed by atoms with van der Waals surface area (Å²) in [5.74, 6) is 1.13. The van der Waals surface area contributed by atoms with Crippen molar-refractivity contribution in [1.29, 1.82) is 0 Å².